The topological polar surface area (TPSA) is 103 Å². The van der Waals surface area contributed by atoms with Crippen LogP contribution in [0.4, 0.5) is 5.69 Å². The Morgan fingerprint density at radius 1 is 1.12 bits per heavy atom. The fourth-order valence-electron chi connectivity index (χ4n) is 6.78. The lowest BCUT2D eigenvalue weighted by Gasteiger charge is -2.55. The van der Waals surface area contributed by atoms with Crippen molar-refractivity contribution in [3.63, 3.8) is 0 Å². The number of aromatic nitrogens is 2. The molecule has 4 saturated carbocycles. The summed E-state index contributed by atoms with van der Waals surface area (Å²) in [7, 11) is 0. The highest BCUT2D eigenvalue weighted by Gasteiger charge is 2.54. The second kappa shape index (κ2) is 7.82. The Morgan fingerprint density at radius 3 is 2.50 bits per heavy atom. The maximum atomic E-state index is 13.5. The number of aryl methyl sites for hydroxylation is 1. The molecule has 8 heteroatoms. The van der Waals surface area contributed by atoms with Gasteiger partial charge in [0.05, 0.1) is 22.4 Å². The Hall–Kier alpha value is -3.42. The SMILES string of the molecule is Cc1cc2nc(COC(=O)c3ccccc3NC(=O)C34CC5CC(CC(C5)C3)C4)cc(=O)n2o1. The van der Waals surface area contributed by atoms with Crippen molar-refractivity contribution in [2.75, 3.05) is 5.32 Å². The first-order valence-electron chi connectivity index (χ1n) is 12.0. The zero-order valence-electron chi connectivity index (χ0n) is 19.1. The largest absolute Gasteiger partial charge is 0.456 e. The minimum absolute atomic E-state index is 0.0299. The number of anilines is 1. The maximum Gasteiger partial charge on any atom is 0.340 e. The van der Waals surface area contributed by atoms with Crippen LogP contribution in [-0.2, 0) is 16.1 Å². The van der Waals surface area contributed by atoms with E-state index in [1.165, 1.54) is 25.3 Å². The number of para-hydroxylation sites is 1. The molecular weight excluding hydrogens is 434 g/mol. The lowest BCUT2D eigenvalue weighted by molar-refractivity contribution is -0.140. The lowest BCUT2D eigenvalue weighted by atomic mass is 9.49. The molecule has 0 aliphatic heterocycles. The third kappa shape index (κ3) is 3.61. The van der Waals surface area contributed by atoms with Gasteiger partial charge in [-0.05, 0) is 75.3 Å². The fourth-order valence-corrected chi connectivity index (χ4v) is 6.78. The number of carbonyl (C=O) groups is 2. The molecule has 1 N–H and O–H groups in total. The summed E-state index contributed by atoms with van der Waals surface area (Å²) >= 11 is 0. The van der Waals surface area contributed by atoms with Crippen LogP contribution in [0.2, 0.25) is 0 Å². The van der Waals surface area contributed by atoms with Gasteiger partial charge in [0.1, 0.15) is 12.4 Å². The van der Waals surface area contributed by atoms with E-state index in [4.69, 9.17) is 9.26 Å². The Morgan fingerprint density at radius 2 is 1.79 bits per heavy atom. The van der Waals surface area contributed by atoms with E-state index < -0.39 is 5.97 Å². The summed E-state index contributed by atoms with van der Waals surface area (Å²) in [4.78, 5) is 42.9. The molecule has 4 fully saturated rings. The number of amides is 1. The fraction of sp³-hybridized carbons (Fsp3) is 0.462. The van der Waals surface area contributed by atoms with Crippen molar-refractivity contribution in [3.05, 3.63) is 63.8 Å². The zero-order chi connectivity index (χ0) is 23.4. The number of carbonyl (C=O) groups excluding carboxylic acids is 2. The first-order chi connectivity index (χ1) is 16.4. The molecule has 34 heavy (non-hydrogen) atoms. The summed E-state index contributed by atoms with van der Waals surface area (Å²) in [5, 5.41) is 3.06. The van der Waals surface area contributed by atoms with Crippen LogP contribution in [0.15, 0.2) is 45.7 Å². The van der Waals surface area contributed by atoms with Gasteiger partial charge in [-0.1, -0.05) is 12.1 Å². The predicted molar refractivity (Wildman–Crippen MR) is 123 cm³/mol. The van der Waals surface area contributed by atoms with Gasteiger partial charge in [0, 0.05) is 12.1 Å². The van der Waals surface area contributed by atoms with Crippen molar-refractivity contribution in [2.24, 2.45) is 23.2 Å². The van der Waals surface area contributed by atoms with Gasteiger partial charge < -0.3 is 14.6 Å². The summed E-state index contributed by atoms with van der Waals surface area (Å²) in [6, 6.07) is 9.83. The van der Waals surface area contributed by atoms with E-state index in [1.54, 1.807) is 37.3 Å². The minimum Gasteiger partial charge on any atom is -0.456 e. The van der Waals surface area contributed by atoms with Crippen molar-refractivity contribution in [1.82, 2.24) is 9.56 Å². The highest BCUT2D eigenvalue weighted by molar-refractivity contribution is 6.03. The van der Waals surface area contributed by atoms with Crippen LogP contribution < -0.4 is 10.9 Å². The third-order valence-electron chi connectivity index (χ3n) is 7.79. The smallest absolute Gasteiger partial charge is 0.340 e. The summed E-state index contributed by atoms with van der Waals surface area (Å²) in [5.74, 6) is 1.98. The van der Waals surface area contributed by atoms with E-state index in [2.05, 4.69) is 10.3 Å². The van der Waals surface area contributed by atoms with Crippen LogP contribution in [0, 0.1) is 30.1 Å². The molecule has 1 amide bonds. The molecule has 3 aromatic rings. The standard InChI is InChI=1S/C26H27N3O5/c1-15-6-22-27-19(10-23(30)29(22)34-15)14-33-24(31)20-4-2-3-5-21(20)28-25(32)26-11-16-7-17(12-26)9-18(8-16)13-26/h2-6,10,16-18H,7-9,11-14H2,1H3,(H,28,32). The van der Waals surface area contributed by atoms with Gasteiger partial charge in [-0.25, -0.2) is 9.78 Å². The van der Waals surface area contributed by atoms with Crippen molar-refractivity contribution >= 4 is 23.2 Å². The van der Waals surface area contributed by atoms with E-state index in [0.29, 0.717) is 40.5 Å². The third-order valence-corrected chi connectivity index (χ3v) is 7.79. The summed E-state index contributed by atoms with van der Waals surface area (Å²) in [6.45, 7) is 1.56. The number of ether oxygens (including phenoxy) is 1. The summed E-state index contributed by atoms with van der Waals surface area (Å²) in [5.41, 5.74) is 0.747. The number of hydrogen-bond acceptors (Lipinski definition) is 6. The monoisotopic (exact) mass is 461 g/mol. The molecule has 8 nitrogen and oxygen atoms in total. The van der Waals surface area contributed by atoms with Crippen LogP contribution in [0.25, 0.3) is 5.65 Å². The van der Waals surface area contributed by atoms with Crippen LogP contribution in [0.3, 0.4) is 0 Å². The first-order valence-corrected chi connectivity index (χ1v) is 12.0. The molecular formula is C26H27N3O5. The van der Waals surface area contributed by atoms with Crippen LogP contribution in [0.1, 0.15) is 60.3 Å². The van der Waals surface area contributed by atoms with Crippen LogP contribution in [0.5, 0.6) is 0 Å². The van der Waals surface area contributed by atoms with Gasteiger partial charge in [0.2, 0.25) is 5.91 Å². The van der Waals surface area contributed by atoms with Crippen molar-refractivity contribution < 1.29 is 18.8 Å². The molecule has 2 heterocycles. The molecule has 4 aliphatic rings. The molecule has 1 aromatic carbocycles. The summed E-state index contributed by atoms with van der Waals surface area (Å²) in [6.07, 6.45) is 6.64. The Bertz CT molecular complexity index is 1320. The maximum absolute atomic E-state index is 13.5. The Kier molecular flexibility index (Phi) is 4.86. The number of rotatable bonds is 5. The molecule has 0 atom stereocenters. The van der Waals surface area contributed by atoms with E-state index >= 15 is 0 Å². The zero-order valence-corrected chi connectivity index (χ0v) is 19.1. The first kappa shape index (κ1) is 21.1. The van der Waals surface area contributed by atoms with E-state index in [1.807, 2.05) is 0 Å². The van der Waals surface area contributed by atoms with Gasteiger partial charge in [-0.15, -0.1) is 4.57 Å². The second-order valence-corrected chi connectivity index (χ2v) is 10.4. The number of benzene rings is 1. The average Bonchev–Trinajstić information content (AvgIpc) is 3.18. The Labute approximate surface area is 196 Å². The van der Waals surface area contributed by atoms with Gasteiger partial charge in [0.25, 0.3) is 5.56 Å². The molecule has 2 aromatic heterocycles. The van der Waals surface area contributed by atoms with Gasteiger partial charge in [0.15, 0.2) is 5.65 Å². The van der Waals surface area contributed by atoms with E-state index in [9.17, 15) is 14.4 Å². The van der Waals surface area contributed by atoms with Crippen molar-refractivity contribution in [3.8, 4) is 0 Å². The highest BCUT2D eigenvalue weighted by atomic mass is 16.5. The lowest BCUT2D eigenvalue weighted by Crippen LogP contribution is -2.51. The molecule has 0 radical (unpaired) electrons. The quantitative estimate of drug-likeness (QED) is 0.574. The normalized spacial score (nSPS) is 27.1. The second-order valence-electron chi connectivity index (χ2n) is 10.4. The molecule has 0 saturated heterocycles. The molecule has 0 spiro atoms. The van der Waals surface area contributed by atoms with Crippen molar-refractivity contribution in [2.45, 2.75) is 52.1 Å². The molecule has 4 bridgehead atoms. The molecule has 4 aliphatic carbocycles. The van der Waals surface area contributed by atoms with Gasteiger partial charge in [-0.3, -0.25) is 9.59 Å². The number of esters is 1. The minimum atomic E-state index is -0.577. The summed E-state index contributed by atoms with van der Waals surface area (Å²) < 4.78 is 11.8. The molecule has 176 valence electrons. The van der Waals surface area contributed by atoms with E-state index in [-0.39, 0.29) is 29.1 Å². The number of nitrogens with zero attached hydrogens (tertiary/aromatic N) is 2. The molecule has 0 unspecified atom stereocenters. The predicted octanol–water partition coefficient (Wildman–Crippen LogP) is 4.11. The number of hydrogen-bond donors (Lipinski definition) is 1. The Balaban J connectivity index is 1.18. The number of fused-ring (bicyclic) bond motifs is 1. The van der Waals surface area contributed by atoms with Gasteiger partial charge >= 0.3 is 5.97 Å². The average molecular weight is 462 g/mol. The van der Waals surface area contributed by atoms with Gasteiger partial charge in [-0.2, -0.15) is 0 Å². The van der Waals surface area contributed by atoms with Crippen LogP contribution >= 0.6 is 0 Å². The molecule has 7 rings (SSSR count). The number of nitrogens with one attached hydrogen (secondary N) is 1. The highest BCUT2D eigenvalue weighted by Crippen LogP contribution is 2.60. The van der Waals surface area contributed by atoms with Crippen molar-refractivity contribution in [1.29, 1.82) is 0 Å². The van der Waals surface area contributed by atoms with E-state index in [0.717, 1.165) is 23.8 Å². The van der Waals surface area contributed by atoms with Crippen LogP contribution in [-0.4, -0.2) is 21.4 Å².